The molecule has 0 aliphatic rings. The molecule has 0 aromatic heterocycles. The number of nitro groups is 1. The molecule has 0 saturated heterocycles. The molecule has 0 heterocycles. The Morgan fingerprint density at radius 2 is 1.86 bits per heavy atom. The van der Waals surface area contributed by atoms with Gasteiger partial charge in [-0.25, -0.2) is 0 Å². The summed E-state index contributed by atoms with van der Waals surface area (Å²) in [6.45, 7) is 0. The van der Waals surface area contributed by atoms with Gasteiger partial charge in [0.15, 0.2) is 5.75 Å². The molecule has 2 rings (SSSR count). The maximum atomic E-state index is 10.9. The first-order valence-corrected chi connectivity index (χ1v) is 6.28. The molecule has 0 unspecified atom stereocenters. The zero-order chi connectivity index (χ0) is 16.1. The second-order valence-electron chi connectivity index (χ2n) is 4.30. The largest absolute Gasteiger partial charge is 0.500 e. The normalized spacial score (nSPS) is 10.6. The van der Waals surface area contributed by atoms with Crippen LogP contribution in [0, 0.1) is 10.1 Å². The van der Waals surface area contributed by atoms with Crippen LogP contribution in [0.4, 0.5) is 11.4 Å². The van der Waals surface area contributed by atoms with Crippen molar-refractivity contribution in [1.29, 1.82) is 0 Å². The Hall–Kier alpha value is -3.09. The molecule has 0 spiro atoms. The van der Waals surface area contributed by atoms with Crippen LogP contribution in [0.15, 0.2) is 41.4 Å². The molecule has 0 aliphatic heterocycles. The summed E-state index contributed by atoms with van der Waals surface area (Å²) in [4.78, 5) is 14.5. The highest BCUT2D eigenvalue weighted by atomic mass is 16.6. The Balaban J connectivity index is 2.33. The van der Waals surface area contributed by atoms with Gasteiger partial charge in [0, 0.05) is 17.8 Å². The molecule has 0 aliphatic carbocycles. The summed E-state index contributed by atoms with van der Waals surface area (Å²) in [6, 6.07) is 9.71. The van der Waals surface area contributed by atoms with Crippen LogP contribution in [-0.4, -0.2) is 30.5 Å². The highest BCUT2D eigenvalue weighted by Crippen LogP contribution is 2.36. The summed E-state index contributed by atoms with van der Waals surface area (Å²) in [7, 11) is 2.89. The summed E-state index contributed by atoms with van der Waals surface area (Å²) in [6.07, 6.45) is 1.46. The molecule has 2 aromatic carbocycles. The monoisotopic (exact) mass is 302 g/mol. The first-order chi connectivity index (χ1) is 10.5. The Morgan fingerprint density at radius 1 is 1.18 bits per heavy atom. The van der Waals surface area contributed by atoms with E-state index >= 15 is 0 Å². The zero-order valence-electron chi connectivity index (χ0n) is 12.0. The number of benzene rings is 2. The third-order valence-corrected chi connectivity index (χ3v) is 2.93. The lowest BCUT2D eigenvalue weighted by atomic mass is 10.2. The zero-order valence-corrected chi connectivity index (χ0v) is 12.0. The fraction of sp³-hybridized carbons (Fsp3) is 0.133. The van der Waals surface area contributed by atoms with Gasteiger partial charge < -0.3 is 14.6 Å². The molecule has 1 N–H and O–H groups in total. The van der Waals surface area contributed by atoms with E-state index < -0.39 is 16.4 Å². The molecule has 0 radical (unpaired) electrons. The van der Waals surface area contributed by atoms with Gasteiger partial charge >= 0.3 is 5.69 Å². The minimum absolute atomic E-state index is 0.0189. The van der Waals surface area contributed by atoms with Gasteiger partial charge in [-0.1, -0.05) is 0 Å². The third kappa shape index (κ3) is 3.32. The summed E-state index contributed by atoms with van der Waals surface area (Å²) in [5, 5.41) is 20.6. The second-order valence-corrected chi connectivity index (χ2v) is 4.30. The number of aromatic hydroxyl groups is 1. The van der Waals surface area contributed by atoms with Crippen LogP contribution in [0.5, 0.6) is 17.2 Å². The van der Waals surface area contributed by atoms with Crippen molar-refractivity contribution in [2.24, 2.45) is 4.99 Å². The predicted octanol–water partition coefficient (Wildman–Crippen LogP) is 3.07. The Labute approximate surface area is 126 Å². The van der Waals surface area contributed by atoms with Gasteiger partial charge in [0.25, 0.3) is 0 Å². The van der Waals surface area contributed by atoms with Gasteiger partial charge in [0.05, 0.1) is 24.8 Å². The van der Waals surface area contributed by atoms with Crippen molar-refractivity contribution in [1.82, 2.24) is 0 Å². The van der Waals surface area contributed by atoms with Gasteiger partial charge in [-0.2, -0.15) is 0 Å². The van der Waals surface area contributed by atoms with Crippen molar-refractivity contribution >= 4 is 17.6 Å². The number of rotatable bonds is 5. The number of nitro benzene ring substituents is 1. The maximum absolute atomic E-state index is 10.9. The lowest BCUT2D eigenvalue weighted by Crippen LogP contribution is -1.94. The molecule has 7 nitrogen and oxygen atoms in total. The van der Waals surface area contributed by atoms with Crippen LogP contribution in [0.2, 0.25) is 0 Å². The van der Waals surface area contributed by atoms with E-state index in [1.165, 1.54) is 25.5 Å². The summed E-state index contributed by atoms with van der Waals surface area (Å²) in [5.74, 6) is 0.223. The van der Waals surface area contributed by atoms with Gasteiger partial charge in [0.2, 0.25) is 5.75 Å². The minimum atomic E-state index is -0.678. The lowest BCUT2D eigenvalue weighted by Gasteiger charge is -2.05. The second kappa shape index (κ2) is 6.57. The van der Waals surface area contributed by atoms with Crippen molar-refractivity contribution in [3.8, 4) is 17.2 Å². The SMILES string of the molecule is COc1ccc(N=Cc2cc(OC)c(O)c([N+](=O)[O-])c2)cc1. The molecule has 0 amide bonds. The van der Waals surface area contributed by atoms with Gasteiger partial charge in [0.1, 0.15) is 5.75 Å². The van der Waals surface area contributed by atoms with Crippen LogP contribution < -0.4 is 9.47 Å². The van der Waals surface area contributed by atoms with Crippen LogP contribution in [0.1, 0.15) is 5.56 Å². The van der Waals surface area contributed by atoms with E-state index in [0.29, 0.717) is 17.0 Å². The highest BCUT2D eigenvalue weighted by molar-refractivity contribution is 5.85. The number of hydrogen-bond donors (Lipinski definition) is 1. The molecule has 0 saturated carbocycles. The van der Waals surface area contributed by atoms with Gasteiger partial charge in [-0.05, 0) is 30.3 Å². The summed E-state index contributed by atoms with van der Waals surface area (Å²) >= 11 is 0. The molecular weight excluding hydrogens is 288 g/mol. The first-order valence-electron chi connectivity index (χ1n) is 6.28. The van der Waals surface area contributed by atoms with E-state index in [-0.39, 0.29) is 5.75 Å². The smallest absolute Gasteiger partial charge is 0.315 e. The van der Waals surface area contributed by atoms with Crippen molar-refractivity contribution in [2.45, 2.75) is 0 Å². The molecule has 114 valence electrons. The number of phenolic OH excluding ortho intramolecular Hbond substituents is 1. The topological polar surface area (TPSA) is 94.2 Å². The lowest BCUT2D eigenvalue weighted by molar-refractivity contribution is -0.386. The number of nitrogens with zero attached hydrogens (tertiary/aromatic N) is 2. The van der Waals surface area contributed by atoms with Crippen LogP contribution >= 0.6 is 0 Å². The van der Waals surface area contributed by atoms with Gasteiger partial charge in [-0.3, -0.25) is 15.1 Å². The standard InChI is InChI=1S/C15H14N2O5/c1-21-12-5-3-11(4-6-12)16-9-10-7-13(17(19)20)15(18)14(8-10)22-2/h3-9,18H,1-2H3. The average Bonchev–Trinajstić information content (AvgIpc) is 2.54. The molecule has 0 bridgehead atoms. The predicted molar refractivity (Wildman–Crippen MR) is 81.6 cm³/mol. The van der Waals surface area contributed by atoms with Crippen LogP contribution in [-0.2, 0) is 0 Å². The van der Waals surface area contributed by atoms with Gasteiger partial charge in [-0.15, -0.1) is 0 Å². The minimum Gasteiger partial charge on any atom is -0.500 e. The van der Waals surface area contributed by atoms with Crippen molar-refractivity contribution in [2.75, 3.05) is 14.2 Å². The van der Waals surface area contributed by atoms with E-state index in [0.717, 1.165) is 0 Å². The molecule has 2 aromatic rings. The molecular formula is C15H14N2O5. The average molecular weight is 302 g/mol. The Morgan fingerprint density at radius 3 is 2.41 bits per heavy atom. The molecule has 0 atom stereocenters. The number of aliphatic imine (C=N–C) groups is 1. The molecule has 0 fully saturated rings. The van der Waals surface area contributed by atoms with E-state index in [9.17, 15) is 15.2 Å². The molecule has 22 heavy (non-hydrogen) atoms. The van der Waals surface area contributed by atoms with Crippen LogP contribution in [0.25, 0.3) is 0 Å². The highest BCUT2D eigenvalue weighted by Gasteiger charge is 2.19. The van der Waals surface area contributed by atoms with Crippen molar-refractivity contribution in [3.05, 3.63) is 52.1 Å². The fourth-order valence-corrected chi connectivity index (χ4v) is 1.80. The van der Waals surface area contributed by atoms with Crippen LogP contribution in [0.3, 0.4) is 0 Å². The summed E-state index contributed by atoms with van der Waals surface area (Å²) in [5.41, 5.74) is 0.670. The number of ether oxygens (including phenoxy) is 2. The Bertz CT molecular complexity index is 711. The van der Waals surface area contributed by atoms with Crippen molar-refractivity contribution in [3.63, 3.8) is 0 Å². The van der Waals surface area contributed by atoms with Crippen molar-refractivity contribution < 1.29 is 19.5 Å². The fourth-order valence-electron chi connectivity index (χ4n) is 1.80. The number of phenols is 1. The molecule has 7 heteroatoms. The number of methoxy groups -OCH3 is 2. The number of hydrogen-bond acceptors (Lipinski definition) is 6. The first kappa shape index (κ1) is 15.3. The van der Waals surface area contributed by atoms with E-state index in [4.69, 9.17) is 9.47 Å². The van der Waals surface area contributed by atoms with E-state index in [1.807, 2.05) is 0 Å². The van der Waals surface area contributed by atoms with E-state index in [2.05, 4.69) is 4.99 Å². The Kier molecular flexibility index (Phi) is 4.57. The quantitative estimate of drug-likeness (QED) is 0.520. The van der Waals surface area contributed by atoms with E-state index in [1.54, 1.807) is 31.4 Å². The third-order valence-electron chi connectivity index (χ3n) is 2.93. The maximum Gasteiger partial charge on any atom is 0.315 e. The summed E-state index contributed by atoms with van der Waals surface area (Å²) < 4.78 is 9.97.